The Morgan fingerprint density at radius 3 is 2.67 bits per heavy atom. The summed E-state index contributed by atoms with van der Waals surface area (Å²) >= 11 is 11.1. The van der Waals surface area contributed by atoms with Crippen LogP contribution < -0.4 is 11.1 Å². The smallest absolute Gasteiger partial charge is 0.106 e. The molecule has 2 nitrogen and oxygen atoms in total. The molecule has 18 heavy (non-hydrogen) atoms. The van der Waals surface area contributed by atoms with Gasteiger partial charge in [-0.3, -0.25) is 0 Å². The molecular formula is C14H19ClN2S. The van der Waals surface area contributed by atoms with Gasteiger partial charge in [-0.1, -0.05) is 37.7 Å². The minimum absolute atomic E-state index is 0.410. The lowest BCUT2D eigenvalue weighted by Gasteiger charge is -2.22. The van der Waals surface area contributed by atoms with Crippen LogP contribution in [0.1, 0.15) is 32.3 Å². The maximum atomic E-state index is 6.05. The highest BCUT2D eigenvalue weighted by Crippen LogP contribution is 2.34. The van der Waals surface area contributed by atoms with Gasteiger partial charge in [-0.05, 0) is 42.9 Å². The molecule has 0 aliphatic heterocycles. The van der Waals surface area contributed by atoms with Crippen LogP contribution in [0, 0.1) is 11.8 Å². The van der Waals surface area contributed by atoms with Crippen LogP contribution in [0.25, 0.3) is 0 Å². The third kappa shape index (κ3) is 2.78. The molecule has 0 bridgehead atoms. The van der Waals surface area contributed by atoms with Gasteiger partial charge >= 0.3 is 0 Å². The summed E-state index contributed by atoms with van der Waals surface area (Å²) in [6.07, 6.45) is 2.45. The molecule has 0 heterocycles. The second-order valence-corrected chi connectivity index (χ2v) is 6.10. The highest BCUT2D eigenvalue weighted by molar-refractivity contribution is 7.80. The number of anilines is 1. The van der Waals surface area contributed by atoms with Crippen molar-refractivity contribution in [3.05, 3.63) is 28.8 Å². The SMILES string of the molecule is CC1CCC(Nc2cc(Cl)ccc2C(N)=S)C1C. The number of benzene rings is 1. The molecule has 4 heteroatoms. The Bertz CT molecular complexity index is 461. The molecule has 3 unspecified atom stereocenters. The van der Waals surface area contributed by atoms with Crippen molar-refractivity contribution >= 4 is 34.5 Å². The lowest BCUT2D eigenvalue weighted by molar-refractivity contribution is 0.435. The predicted molar refractivity (Wildman–Crippen MR) is 82.3 cm³/mol. The lowest BCUT2D eigenvalue weighted by Crippen LogP contribution is -2.25. The molecule has 0 aromatic heterocycles. The zero-order valence-electron chi connectivity index (χ0n) is 10.7. The maximum Gasteiger partial charge on any atom is 0.106 e. The van der Waals surface area contributed by atoms with Crippen LogP contribution in [0.2, 0.25) is 5.02 Å². The summed E-state index contributed by atoms with van der Waals surface area (Å²) in [5, 5.41) is 4.26. The van der Waals surface area contributed by atoms with E-state index in [0.29, 0.717) is 22.0 Å². The molecule has 98 valence electrons. The minimum Gasteiger partial charge on any atom is -0.389 e. The van der Waals surface area contributed by atoms with Crippen LogP contribution in [0.3, 0.4) is 0 Å². The number of halogens is 1. The highest BCUT2D eigenvalue weighted by Gasteiger charge is 2.30. The Morgan fingerprint density at radius 1 is 1.39 bits per heavy atom. The average molecular weight is 283 g/mol. The van der Waals surface area contributed by atoms with E-state index in [1.165, 1.54) is 12.8 Å². The monoisotopic (exact) mass is 282 g/mol. The van der Waals surface area contributed by atoms with Crippen molar-refractivity contribution in [3.8, 4) is 0 Å². The van der Waals surface area contributed by atoms with Crippen molar-refractivity contribution in [1.29, 1.82) is 0 Å². The van der Waals surface area contributed by atoms with E-state index in [2.05, 4.69) is 19.2 Å². The number of thiocarbonyl (C=S) groups is 1. The van der Waals surface area contributed by atoms with Crippen molar-refractivity contribution in [3.63, 3.8) is 0 Å². The summed E-state index contributed by atoms with van der Waals surface area (Å²) in [7, 11) is 0. The van der Waals surface area contributed by atoms with E-state index in [9.17, 15) is 0 Å². The van der Waals surface area contributed by atoms with Gasteiger partial charge in [-0.15, -0.1) is 0 Å². The normalized spacial score (nSPS) is 27.2. The quantitative estimate of drug-likeness (QED) is 0.828. The standard InChI is InChI=1S/C14H19ClN2S/c1-8-3-6-12(9(8)2)17-13-7-10(15)4-5-11(13)14(16)18/h4-5,7-9,12,17H,3,6H2,1-2H3,(H2,16,18). The fourth-order valence-electron chi connectivity index (χ4n) is 2.62. The Hall–Kier alpha value is -0.800. The van der Waals surface area contributed by atoms with E-state index in [1.807, 2.05) is 18.2 Å². The minimum atomic E-state index is 0.410. The summed E-state index contributed by atoms with van der Waals surface area (Å²) in [6, 6.07) is 6.09. The molecule has 0 saturated heterocycles. The predicted octanol–water partition coefficient (Wildman–Crippen LogP) is 3.82. The van der Waals surface area contributed by atoms with Gasteiger partial charge in [0.05, 0.1) is 0 Å². The number of hydrogen-bond acceptors (Lipinski definition) is 2. The van der Waals surface area contributed by atoms with Gasteiger partial charge in [-0.25, -0.2) is 0 Å². The molecule has 3 N–H and O–H groups in total. The molecule has 1 aromatic carbocycles. The van der Waals surface area contributed by atoms with Crippen molar-refractivity contribution < 1.29 is 0 Å². The van der Waals surface area contributed by atoms with Crippen molar-refractivity contribution in [2.45, 2.75) is 32.7 Å². The van der Waals surface area contributed by atoms with Gasteiger partial charge in [0.15, 0.2) is 0 Å². The van der Waals surface area contributed by atoms with Gasteiger partial charge in [0.2, 0.25) is 0 Å². The number of nitrogens with two attached hydrogens (primary N) is 1. The summed E-state index contributed by atoms with van der Waals surface area (Å²) in [4.78, 5) is 0.410. The highest BCUT2D eigenvalue weighted by atomic mass is 35.5. The van der Waals surface area contributed by atoms with E-state index in [0.717, 1.165) is 17.2 Å². The zero-order valence-corrected chi connectivity index (χ0v) is 12.3. The van der Waals surface area contributed by atoms with Crippen LogP contribution >= 0.6 is 23.8 Å². The van der Waals surface area contributed by atoms with E-state index < -0.39 is 0 Å². The van der Waals surface area contributed by atoms with E-state index in [-0.39, 0.29) is 0 Å². The molecule has 3 atom stereocenters. The first-order chi connectivity index (χ1) is 8.49. The summed E-state index contributed by atoms with van der Waals surface area (Å²) in [5.41, 5.74) is 7.58. The molecule has 0 amide bonds. The van der Waals surface area contributed by atoms with Gasteiger partial charge in [0, 0.05) is 22.3 Å². The van der Waals surface area contributed by atoms with Crippen molar-refractivity contribution in [1.82, 2.24) is 0 Å². The fourth-order valence-corrected chi connectivity index (χ4v) is 2.97. The molecule has 0 spiro atoms. The largest absolute Gasteiger partial charge is 0.389 e. The van der Waals surface area contributed by atoms with Crippen molar-refractivity contribution in [2.75, 3.05) is 5.32 Å². The summed E-state index contributed by atoms with van der Waals surface area (Å²) in [5.74, 6) is 1.41. The lowest BCUT2D eigenvalue weighted by atomic mass is 9.97. The molecule has 1 fully saturated rings. The van der Waals surface area contributed by atoms with Gasteiger partial charge in [0.1, 0.15) is 4.99 Å². The fraction of sp³-hybridized carbons (Fsp3) is 0.500. The molecule has 1 saturated carbocycles. The Kier molecular flexibility index (Phi) is 4.13. The molecule has 1 aliphatic rings. The van der Waals surface area contributed by atoms with Gasteiger partial charge < -0.3 is 11.1 Å². The van der Waals surface area contributed by atoms with Gasteiger partial charge in [-0.2, -0.15) is 0 Å². The van der Waals surface area contributed by atoms with Crippen LogP contribution in [0.15, 0.2) is 18.2 Å². The van der Waals surface area contributed by atoms with E-state index in [1.54, 1.807) is 0 Å². The van der Waals surface area contributed by atoms with Crippen LogP contribution in [-0.4, -0.2) is 11.0 Å². The van der Waals surface area contributed by atoms with Crippen LogP contribution in [0.4, 0.5) is 5.69 Å². The first-order valence-electron chi connectivity index (χ1n) is 6.35. The molecular weight excluding hydrogens is 264 g/mol. The molecule has 1 aromatic rings. The average Bonchev–Trinajstić information content (AvgIpc) is 2.61. The maximum absolute atomic E-state index is 6.05. The summed E-state index contributed by atoms with van der Waals surface area (Å²) in [6.45, 7) is 4.60. The third-order valence-electron chi connectivity index (χ3n) is 4.05. The number of nitrogens with one attached hydrogen (secondary N) is 1. The van der Waals surface area contributed by atoms with Gasteiger partial charge in [0.25, 0.3) is 0 Å². The second kappa shape index (κ2) is 5.45. The van der Waals surface area contributed by atoms with E-state index in [4.69, 9.17) is 29.6 Å². The Balaban J connectivity index is 2.23. The Morgan fingerprint density at radius 2 is 2.11 bits per heavy atom. The molecule has 1 aliphatic carbocycles. The second-order valence-electron chi connectivity index (χ2n) is 5.22. The topological polar surface area (TPSA) is 38.0 Å². The number of hydrogen-bond donors (Lipinski definition) is 2. The molecule has 0 radical (unpaired) electrons. The number of rotatable bonds is 3. The third-order valence-corrected chi connectivity index (χ3v) is 4.51. The molecule has 2 rings (SSSR count). The summed E-state index contributed by atoms with van der Waals surface area (Å²) < 4.78 is 0. The van der Waals surface area contributed by atoms with Crippen molar-refractivity contribution in [2.24, 2.45) is 17.6 Å². The van der Waals surface area contributed by atoms with Crippen LogP contribution in [-0.2, 0) is 0 Å². The first kappa shape index (κ1) is 13.6. The Labute approximate surface area is 119 Å². The van der Waals surface area contributed by atoms with Crippen LogP contribution in [0.5, 0.6) is 0 Å². The van der Waals surface area contributed by atoms with E-state index >= 15 is 0 Å². The first-order valence-corrected chi connectivity index (χ1v) is 7.13. The zero-order chi connectivity index (χ0) is 13.3.